The van der Waals surface area contributed by atoms with E-state index in [0.717, 1.165) is 12.1 Å². The smallest absolute Gasteiger partial charge is 0.341 e. The van der Waals surface area contributed by atoms with Gasteiger partial charge in [0.2, 0.25) is 0 Å². The first-order valence-corrected chi connectivity index (χ1v) is 7.01. The Hall–Kier alpha value is -1.32. The Morgan fingerprint density at radius 3 is 2.72 bits per heavy atom. The Labute approximate surface area is 108 Å². The number of hydrogen-bond donors (Lipinski definition) is 0. The standard InChI is InChI=1S/C14H22N2O2/c1-3-13-12(14(17)18-4-2)10-15-16(13)11-8-6-5-7-9-11/h10-11H,3-9H2,1-2H3. The minimum Gasteiger partial charge on any atom is -0.462 e. The molecule has 1 aromatic rings. The zero-order valence-corrected chi connectivity index (χ0v) is 11.3. The van der Waals surface area contributed by atoms with E-state index in [4.69, 9.17) is 4.74 Å². The van der Waals surface area contributed by atoms with Crippen molar-refractivity contribution in [3.63, 3.8) is 0 Å². The van der Waals surface area contributed by atoms with Crippen molar-refractivity contribution in [1.82, 2.24) is 9.78 Å². The van der Waals surface area contributed by atoms with E-state index >= 15 is 0 Å². The fourth-order valence-corrected chi connectivity index (χ4v) is 2.76. The number of esters is 1. The molecule has 0 aliphatic heterocycles. The van der Waals surface area contributed by atoms with E-state index in [-0.39, 0.29) is 5.97 Å². The van der Waals surface area contributed by atoms with Crippen LogP contribution in [0.2, 0.25) is 0 Å². The molecular formula is C14H22N2O2. The van der Waals surface area contributed by atoms with E-state index in [2.05, 4.69) is 16.7 Å². The van der Waals surface area contributed by atoms with Gasteiger partial charge in [0, 0.05) is 0 Å². The van der Waals surface area contributed by atoms with Crippen molar-refractivity contribution in [3.8, 4) is 0 Å². The molecule has 1 aliphatic rings. The molecule has 1 heterocycles. The molecule has 1 aromatic heterocycles. The first kappa shape index (κ1) is 13.1. The van der Waals surface area contributed by atoms with Crippen molar-refractivity contribution in [2.75, 3.05) is 6.61 Å². The largest absolute Gasteiger partial charge is 0.462 e. The molecule has 1 fully saturated rings. The predicted octanol–water partition coefficient (Wildman–Crippen LogP) is 3.13. The first-order chi connectivity index (χ1) is 8.77. The third kappa shape index (κ3) is 2.57. The lowest BCUT2D eigenvalue weighted by molar-refractivity contribution is 0.0525. The molecule has 4 nitrogen and oxygen atoms in total. The maximum absolute atomic E-state index is 11.8. The van der Waals surface area contributed by atoms with Crippen molar-refractivity contribution in [2.45, 2.75) is 58.4 Å². The van der Waals surface area contributed by atoms with Crippen molar-refractivity contribution in [3.05, 3.63) is 17.5 Å². The molecule has 100 valence electrons. The Morgan fingerprint density at radius 2 is 2.11 bits per heavy atom. The molecule has 0 N–H and O–H groups in total. The maximum Gasteiger partial charge on any atom is 0.341 e. The SMILES string of the molecule is CCOC(=O)c1cnn(C2CCCCC2)c1CC. The number of nitrogens with zero attached hydrogens (tertiary/aromatic N) is 2. The monoisotopic (exact) mass is 250 g/mol. The number of ether oxygens (including phenoxy) is 1. The lowest BCUT2D eigenvalue weighted by Gasteiger charge is -2.24. The zero-order valence-electron chi connectivity index (χ0n) is 11.3. The van der Waals surface area contributed by atoms with Gasteiger partial charge in [-0.1, -0.05) is 26.2 Å². The zero-order chi connectivity index (χ0) is 13.0. The van der Waals surface area contributed by atoms with Gasteiger partial charge in [-0.3, -0.25) is 4.68 Å². The number of rotatable bonds is 4. The fourth-order valence-electron chi connectivity index (χ4n) is 2.76. The summed E-state index contributed by atoms with van der Waals surface area (Å²) in [5.74, 6) is -0.239. The first-order valence-electron chi connectivity index (χ1n) is 7.01. The van der Waals surface area contributed by atoms with Crippen LogP contribution in [0.1, 0.15) is 68.0 Å². The van der Waals surface area contributed by atoms with Crippen LogP contribution in [-0.4, -0.2) is 22.4 Å². The summed E-state index contributed by atoms with van der Waals surface area (Å²) >= 11 is 0. The minimum atomic E-state index is -0.239. The van der Waals surface area contributed by atoms with E-state index in [1.807, 2.05) is 6.92 Å². The van der Waals surface area contributed by atoms with Crippen LogP contribution >= 0.6 is 0 Å². The van der Waals surface area contributed by atoms with Crippen LogP contribution < -0.4 is 0 Å². The summed E-state index contributed by atoms with van der Waals surface area (Å²) in [5.41, 5.74) is 1.67. The van der Waals surface area contributed by atoms with Crippen molar-refractivity contribution < 1.29 is 9.53 Å². The Kier molecular flexibility index (Phi) is 4.39. The van der Waals surface area contributed by atoms with Gasteiger partial charge in [0.15, 0.2) is 0 Å². The fraction of sp³-hybridized carbons (Fsp3) is 0.714. The number of carbonyl (C=O) groups excluding carboxylic acids is 1. The van der Waals surface area contributed by atoms with Gasteiger partial charge in [-0.05, 0) is 26.2 Å². The lowest BCUT2D eigenvalue weighted by atomic mass is 9.95. The highest BCUT2D eigenvalue weighted by molar-refractivity contribution is 5.90. The summed E-state index contributed by atoms with van der Waals surface area (Å²) in [7, 11) is 0. The summed E-state index contributed by atoms with van der Waals surface area (Å²) in [6.07, 6.45) is 8.71. The third-order valence-corrected chi connectivity index (χ3v) is 3.65. The highest BCUT2D eigenvalue weighted by Gasteiger charge is 2.23. The van der Waals surface area contributed by atoms with Crippen LogP contribution in [0.25, 0.3) is 0 Å². The molecule has 18 heavy (non-hydrogen) atoms. The van der Waals surface area contributed by atoms with Crippen LogP contribution in [-0.2, 0) is 11.2 Å². The topological polar surface area (TPSA) is 44.1 Å². The molecule has 4 heteroatoms. The summed E-state index contributed by atoms with van der Waals surface area (Å²) in [5, 5.41) is 4.43. The summed E-state index contributed by atoms with van der Waals surface area (Å²) in [6.45, 7) is 4.31. The third-order valence-electron chi connectivity index (χ3n) is 3.65. The van der Waals surface area contributed by atoms with Crippen molar-refractivity contribution in [1.29, 1.82) is 0 Å². The van der Waals surface area contributed by atoms with E-state index in [9.17, 15) is 4.79 Å². The maximum atomic E-state index is 11.8. The second-order valence-corrected chi connectivity index (χ2v) is 4.82. The second kappa shape index (κ2) is 6.03. The number of carbonyl (C=O) groups is 1. The molecule has 0 bridgehead atoms. The molecule has 1 saturated carbocycles. The molecule has 0 spiro atoms. The molecular weight excluding hydrogens is 228 g/mol. The van der Waals surface area contributed by atoms with Crippen LogP contribution in [0.4, 0.5) is 0 Å². The predicted molar refractivity (Wildman–Crippen MR) is 69.7 cm³/mol. The van der Waals surface area contributed by atoms with Crippen LogP contribution in [0.15, 0.2) is 6.20 Å². The average molecular weight is 250 g/mol. The van der Waals surface area contributed by atoms with Gasteiger partial charge in [-0.15, -0.1) is 0 Å². The van der Waals surface area contributed by atoms with Gasteiger partial charge in [0.25, 0.3) is 0 Å². The molecule has 0 saturated heterocycles. The van der Waals surface area contributed by atoms with Gasteiger partial charge >= 0.3 is 5.97 Å². The molecule has 0 unspecified atom stereocenters. The van der Waals surface area contributed by atoms with Gasteiger partial charge in [-0.2, -0.15) is 5.10 Å². The molecule has 0 atom stereocenters. The van der Waals surface area contributed by atoms with Crippen LogP contribution in [0.3, 0.4) is 0 Å². The highest BCUT2D eigenvalue weighted by atomic mass is 16.5. The van der Waals surface area contributed by atoms with E-state index < -0.39 is 0 Å². The van der Waals surface area contributed by atoms with E-state index in [0.29, 0.717) is 18.2 Å². The second-order valence-electron chi connectivity index (χ2n) is 4.82. The minimum absolute atomic E-state index is 0.239. The van der Waals surface area contributed by atoms with Crippen molar-refractivity contribution in [2.24, 2.45) is 0 Å². The van der Waals surface area contributed by atoms with Gasteiger partial charge in [0.05, 0.1) is 24.5 Å². The van der Waals surface area contributed by atoms with Crippen molar-refractivity contribution >= 4 is 5.97 Å². The van der Waals surface area contributed by atoms with Crippen LogP contribution in [0.5, 0.6) is 0 Å². The number of hydrogen-bond acceptors (Lipinski definition) is 3. The summed E-state index contributed by atoms with van der Waals surface area (Å²) < 4.78 is 7.14. The number of aromatic nitrogens is 2. The van der Waals surface area contributed by atoms with E-state index in [1.165, 1.54) is 32.1 Å². The highest BCUT2D eigenvalue weighted by Crippen LogP contribution is 2.29. The molecule has 0 radical (unpaired) electrons. The van der Waals surface area contributed by atoms with Crippen LogP contribution in [0, 0.1) is 0 Å². The Morgan fingerprint density at radius 1 is 1.39 bits per heavy atom. The molecule has 2 rings (SSSR count). The molecule has 0 amide bonds. The molecule has 1 aliphatic carbocycles. The molecule has 0 aromatic carbocycles. The lowest BCUT2D eigenvalue weighted by Crippen LogP contribution is -2.17. The van der Waals surface area contributed by atoms with E-state index in [1.54, 1.807) is 6.20 Å². The Bertz CT molecular complexity index is 406. The van der Waals surface area contributed by atoms with Gasteiger partial charge < -0.3 is 4.74 Å². The normalized spacial score (nSPS) is 16.8. The van der Waals surface area contributed by atoms with Gasteiger partial charge in [0.1, 0.15) is 5.56 Å². The average Bonchev–Trinajstić information content (AvgIpc) is 2.83. The quantitative estimate of drug-likeness (QED) is 0.771. The summed E-state index contributed by atoms with van der Waals surface area (Å²) in [6, 6.07) is 0.469. The van der Waals surface area contributed by atoms with Gasteiger partial charge in [-0.25, -0.2) is 4.79 Å². The summed E-state index contributed by atoms with van der Waals surface area (Å²) in [4.78, 5) is 11.8. The Balaban J connectivity index is 2.23.